The molecular formula is C11H22FN. The lowest BCUT2D eigenvalue weighted by Gasteiger charge is -2.23. The number of rotatable bonds is 4. The first-order chi connectivity index (χ1) is 6.06. The van der Waals surface area contributed by atoms with Crippen molar-refractivity contribution in [3.8, 4) is 0 Å². The van der Waals surface area contributed by atoms with Crippen LogP contribution in [0.3, 0.4) is 0 Å². The van der Waals surface area contributed by atoms with Crippen LogP contribution in [0.4, 0.5) is 4.39 Å². The molecule has 0 aromatic heterocycles. The van der Waals surface area contributed by atoms with Gasteiger partial charge in [-0.05, 0) is 31.6 Å². The van der Waals surface area contributed by atoms with Crippen LogP contribution in [0.5, 0.6) is 0 Å². The molecule has 13 heavy (non-hydrogen) atoms. The van der Waals surface area contributed by atoms with Crippen molar-refractivity contribution in [1.82, 2.24) is 0 Å². The lowest BCUT2D eigenvalue weighted by molar-refractivity contribution is 0.130. The molecule has 0 aromatic rings. The SMILES string of the molecule is CCCC(C)CC1(F)CCC(N)C1. The third kappa shape index (κ3) is 3.26. The van der Waals surface area contributed by atoms with Crippen molar-refractivity contribution in [3.05, 3.63) is 0 Å². The molecule has 1 nitrogen and oxygen atoms in total. The molecule has 0 aromatic carbocycles. The minimum atomic E-state index is -0.937. The fourth-order valence-electron chi connectivity index (χ4n) is 2.52. The molecule has 0 radical (unpaired) electrons. The van der Waals surface area contributed by atoms with Gasteiger partial charge in [0.15, 0.2) is 0 Å². The minimum Gasteiger partial charge on any atom is -0.328 e. The summed E-state index contributed by atoms with van der Waals surface area (Å²) in [5, 5.41) is 0. The number of alkyl halides is 1. The molecule has 1 fully saturated rings. The van der Waals surface area contributed by atoms with Crippen molar-refractivity contribution < 1.29 is 4.39 Å². The van der Waals surface area contributed by atoms with Gasteiger partial charge < -0.3 is 5.73 Å². The maximum atomic E-state index is 14.1. The van der Waals surface area contributed by atoms with E-state index in [0.717, 1.165) is 19.3 Å². The van der Waals surface area contributed by atoms with Gasteiger partial charge in [-0.1, -0.05) is 26.7 Å². The van der Waals surface area contributed by atoms with Gasteiger partial charge in [-0.25, -0.2) is 4.39 Å². The predicted molar refractivity (Wildman–Crippen MR) is 54.4 cm³/mol. The van der Waals surface area contributed by atoms with Crippen LogP contribution in [-0.4, -0.2) is 11.7 Å². The summed E-state index contributed by atoms with van der Waals surface area (Å²) in [6, 6.07) is 0.110. The number of hydrogen-bond acceptors (Lipinski definition) is 1. The first kappa shape index (κ1) is 11.0. The fourth-order valence-corrected chi connectivity index (χ4v) is 2.52. The molecule has 0 heterocycles. The smallest absolute Gasteiger partial charge is 0.112 e. The van der Waals surface area contributed by atoms with Gasteiger partial charge in [0.1, 0.15) is 5.67 Å². The van der Waals surface area contributed by atoms with Crippen LogP contribution in [0.15, 0.2) is 0 Å². The zero-order valence-corrected chi connectivity index (χ0v) is 8.85. The van der Waals surface area contributed by atoms with Crippen molar-refractivity contribution in [2.45, 2.75) is 64.1 Å². The maximum Gasteiger partial charge on any atom is 0.112 e. The summed E-state index contributed by atoms with van der Waals surface area (Å²) >= 11 is 0. The van der Waals surface area contributed by atoms with E-state index in [1.54, 1.807) is 0 Å². The van der Waals surface area contributed by atoms with Crippen LogP contribution >= 0.6 is 0 Å². The highest BCUT2D eigenvalue weighted by Crippen LogP contribution is 2.38. The molecule has 1 saturated carbocycles. The van der Waals surface area contributed by atoms with E-state index in [0.29, 0.717) is 25.2 Å². The van der Waals surface area contributed by atoms with Crippen LogP contribution in [0.1, 0.15) is 52.4 Å². The van der Waals surface area contributed by atoms with E-state index in [9.17, 15) is 4.39 Å². The Balaban J connectivity index is 2.34. The topological polar surface area (TPSA) is 26.0 Å². The zero-order valence-electron chi connectivity index (χ0n) is 8.85. The molecule has 0 aliphatic heterocycles. The van der Waals surface area contributed by atoms with E-state index < -0.39 is 5.67 Å². The molecule has 3 atom stereocenters. The molecule has 0 spiro atoms. The number of nitrogens with two attached hydrogens (primary N) is 1. The minimum absolute atomic E-state index is 0.110. The monoisotopic (exact) mass is 187 g/mol. The standard InChI is InChI=1S/C11H22FN/c1-3-4-9(2)7-11(12)6-5-10(13)8-11/h9-10H,3-8,13H2,1-2H3. The quantitative estimate of drug-likeness (QED) is 0.719. The van der Waals surface area contributed by atoms with Gasteiger partial charge in [-0.2, -0.15) is 0 Å². The molecule has 1 aliphatic carbocycles. The largest absolute Gasteiger partial charge is 0.328 e. The normalized spacial score (nSPS) is 36.5. The lowest BCUT2D eigenvalue weighted by Crippen LogP contribution is -2.25. The second-order valence-electron chi connectivity index (χ2n) is 4.75. The molecule has 2 N–H and O–H groups in total. The Morgan fingerprint density at radius 2 is 2.31 bits per heavy atom. The summed E-state index contributed by atoms with van der Waals surface area (Å²) in [4.78, 5) is 0. The average Bonchev–Trinajstić information content (AvgIpc) is 2.30. The fraction of sp³-hybridized carbons (Fsp3) is 1.00. The number of halogens is 1. The Morgan fingerprint density at radius 3 is 2.77 bits per heavy atom. The second-order valence-corrected chi connectivity index (χ2v) is 4.75. The van der Waals surface area contributed by atoms with E-state index in [2.05, 4.69) is 13.8 Å². The Labute approximate surface area is 80.9 Å². The van der Waals surface area contributed by atoms with Gasteiger partial charge in [0.2, 0.25) is 0 Å². The van der Waals surface area contributed by atoms with E-state index in [1.165, 1.54) is 0 Å². The molecule has 2 heteroatoms. The van der Waals surface area contributed by atoms with Gasteiger partial charge in [0.25, 0.3) is 0 Å². The van der Waals surface area contributed by atoms with E-state index in [4.69, 9.17) is 5.73 Å². The van der Waals surface area contributed by atoms with Gasteiger partial charge in [0, 0.05) is 6.04 Å². The molecule has 1 aliphatic rings. The van der Waals surface area contributed by atoms with Gasteiger partial charge in [-0.3, -0.25) is 0 Å². The summed E-state index contributed by atoms with van der Waals surface area (Å²) in [7, 11) is 0. The Kier molecular flexibility index (Phi) is 3.72. The summed E-state index contributed by atoms with van der Waals surface area (Å²) in [6.07, 6.45) is 5.15. The summed E-state index contributed by atoms with van der Waals surface area (Å²) in [5.41, 5.74) is 4.78. The summed E-state index contributed by atoms with van der Waals surface area (Å²) < 4.78 is 14.1. The number of hydrogen-bond donors (Lipinski definition) is 1. The van der Waals surface area contributed by atoms with E-state index in [-0.39, 0.29) is 6.04 Å². The van der Waals surface area contributed by atoms with Crippen LogP contribution in [0, 0.1) is 5.92 Å². The van der Waals surface area contributed by atoms with Crippen LogP contribution in [-0.2, 0) is 0 Å². The predicted octanol–water partition coefficient (Wildman–Crippen LogP) is 3.03. The van der Waals surface area contributed by atoms with Gasteiger partial charge in [0.05, 0.1) is 0 Å². The first-order valence-electron chi connectivity index (χ1n) is 5.50. The first-order valence-corrected chi connectivity index (χ1v) is 5.50. The van der Waals surface area contributed by atoms with Crippen molar-refractivity contribution >= 4 is 0 Å². The van der Waals surface area contributed by atoms with E-state index >= 15 is 0 Å². The molecule has 3 unspecified atom stereocenters. The third-order valence-electron chi connectivity index (χ3n) is 3.09. The molecule has 0 saturated heterocycles. The molecule has 1 rings (SSSR count). The molecule has 0 bridgehead atoms. The van der Waals surface area contributed by atoms with Crippen LogP contribution in [0.25, 0.3) is 0 Å². The second kappa shape index (κ2) is 4.41. The van der Waals surface area contributed by atoms with Crippen molar-refractivity contribution in [2.75, 3.05) is 0 Å². The highest BCUT2D eigenvalue weighted by molar-refractivity contribution is 4.92. The summed E-state index contributed by atoms with van der Waals surface area (Å²) in [5.74, 6) is 0.514. The van der Waals surface area contributed by atoms with Gasteiger partial charge in [-0.15, -0.1) is 0 Å². The maximum absolute atomic E-state index is 14.1. The van der Waals surface area contributed by atoms with Crippen molar-refractivity contribution in [1.29, 1.82) is 0 Å². The lowest BCUT2D eigenvalue weighted by atomic mass is 9.89. The third-order valence-corrected chi connectivity index (χ3v) is 3.09. The van der Waals surface area contributed by atoms with E-state index in [1.807, 2.05) is 0 Å². The van der Waals surface area contributed by atoms with Crippen LogP contribution < -0.4 is 5.73 Å². The Hall–Kier alpha value is -0.110. The molecular weight excluding hydrogens is 165 g/mol. The van der Waals surface area contributed by atoms with Crippen LogP contribution in [0.2, 0.25) is 0 Å². The van der Waals surface area contributed by atoms with Gasteiger partial charge >= 0.3 is 0 Å². The molecule has 0 amide bonds. The van der Waals surface area contributed by atoms with Crippen molar-refractivity contribution in [3.63, 3.8) is 0 Å². The zero-order chi connectivity index (χ0) is 9.90. The molecule has 78 valence electrons. The highest BCUT2D eigenvalue weighted by atomic mass is 19.1. The Bertz CT molecular complexity index is 160. The highest BCUT2D eigenvalue weighted by Gasteiger charge is 2.38. The Morgan fingerprint density at radius 1 is 1.62 bits per heavy atom. The summed E-state index contributed by atoms with van der Waals surface area (Å²) in [6.45, 7) is 4.30. The average molecular weight is 187 g/mol. The van der Waals surface area contributed by atoms with Crippen molar-refractivity contribution in [2.24, 2.45) is 11.7 Å².